The highest BCUT2D eigenvalue weighted by molar-refractivity contribution is 6.42. The van der Waals surface area contributed by atoms with Gasteiger partial charge in [-0.05, 0) is 36.5 Å². The van der Waals surface area contributed by atoms with Crippen LogP contribution in [0.25, 0.3) is 0 Å². The number of rotatable bonds is 5. The molecule has 136 valence electrons. The number of likely N-dealkylation sites (N-methyl/N-ethyl adjacent to an activating group) is 1. The minimum atomic E-state index is -0.714. The number of hydrogen-bond acceptors (Lipinski definition) is 3. The molecule has 0 unspecified atom stereocenters. The number of hydrogen-bond donors (Lipinski definition) is 1. The Morgan fingerprint density at radius 2 is 2.12 bits per heavy atom. The molecule has 1 saturated carbocycles. The Labute approximate surface area is 157 Å². The molecule has 0 aromatic heterocycles. The largest absolute Gasteiger partial charge is 0.481 e. The molecule has 1 aromatic carbocycles. The van der Waals surface area contributed by atoms with Crippen molar-refractivity contribution in [3.63, 3.8) is 0 Å². The predicted molar refractivity (Wildman–Crippen MR) is 96.8 cm³/mol. The first-order valence-corrected chi connectivity index (χ1v) is 9.21. The molecule has 1 aromatic rings. The third-order valence-electron chi connectivity index (χ3n) is 5.56. The summed E-state index contributed by atoms with van der Waals surface area (Å²) in [6.07, 6.45) is 2.63. The number of aliphatic carboxylic acids is 1. The first-order valence-electron chi connectivity index (χ1n) is 8.45. The van der Waals surface area contributed by atoms with E-state index in [4.69, 9.17) is 23.2 Å². The molecular weight excluding hydrogens is 363 g/mol. The van der Waals surface area contributed by atoms with Gasteiger partial charge in [0, 0.05) is 26.7 Å². The number of carboxylic acids is 1. The fourth-order valence-electron chi connectivity index (χ4n) is 4.18. The van der Waals surface area contributed by atoms with Crippen LogP contribution in [0, 0.1) is 11.3 Å². The summed E-state index contributed by atoms with van der Waals surface area (Å²) in [5, 5.41) is 10.6. The molecule has 0 radical (unpaired) electrons. The van der Waals surface area contributed by atoms with Crippen molar-refractivity contribution < 1.29 is 14.7 Å². The van der Waals surface area contributed by atoms with Crippen molar-refractivity contribution >= 4 is 35.1 Å². The normalized spacial score (nSPS) is 25.8. The van der Waals surface area contributed by atoms with Gasteiger partial charge in [0.1, 0.15) is 0 Å². The summed E-state index contributed by atoms with van der Waals surface area (Å²) in [7, 11) is 1.74. The molecule has 3 rings (SSSR count). The molecule has 0 spiro atoms. The zero-order chi connectivity index (χ0) is 18.2. The number of carboxylic acid groups (broad SMARTS) is 1. The van der Waals surface area contributed by atoms with Gasteiger partial charge in [0.25, 0.3) is 0 Å². The predicted octanol–water partition coefficient (Wildman–Crippen LogP) is 3.14. The molecule has 0 bridgehead atoms. The van der Waals surface area contributed by atoms with Crippen LogP contribution >= 0.6 is 23.2 Å². The Hall–Kier alpha value is -1.30. The topological polar surface area (TPSA) is 60.9 Å². The number of carbonyl (C=O) groups is 2. The summed E-state index contributed by atoms with van der Waals surface area (Å²) in [5.74, 6) is -0.570. The quantitative estimate of drug-likeness (QED) is 0.846. The van der Waals surface area contributed by atoms with Gasteiger partial charge < -0.3 is 10.0 Å². The number of likely N-dealkylation sites (tertiary alicyclic amines) is 1. The molecule has 1 aliphatic carbocycles. The Morgan fingerprint density at radius 3 is 2.76 bits per heavy atom. The monoisotopic (exact) mass is 384 g/mol. The summed E-state index contributed by atoms with van der Waals surface area (Å²) in [6.45, 7) is 1.86. The van der Waals surface area contributed by atoms with Gasteiger partial charge in [-0.15, -0.1) is 0 Å². The lowest BCUT2D eigenvalue weighted by Crippen LogP contribution is -2.40. The summed E-state index contributed by atoms with van der Waals surface area (Å²) in [6, 6.07) is 5.32. The summed E-state index contributed by atoms with van der Waals surface area (Å²) in [5.41, 5.74) is 0.258. The Bertz CT molecular complexity index is 697. The van der Waals surface area contributed by atoms with Crippen molar-refractivity contribution in [1.29, 1.82) is 0 Å². The second kappa shape index (κ2) is 7.14. The van der Waals surface area contributed by atoms with Gasteiger partial charge >= 0.3 is 5.97 Å². The number of amides is 1. The fourth-order valence-corrected chi connectivity index (χ4v) is 4.50. The van der Waals surface area contributed by atoms with Crippen molar-refractivity contribution in [1.82, 2.24) is 9.80 Å². The van der Waals surface area contributed by atoms with Gasteiger partial charge in [0.15, 0.2) is 0 Å². The van der Waals surface area contributed by atoms with Crippen LogP contribution < -0.4 is 0 Å². The Morgan fingerprint density at radius 1 is 1.36 bits per heavy atom. The smallest absolute Gasteiger partial charge is 0.311 e. The average Bonchev–Trinajstić information content (AvgIpc) is 3.08. The Balaban J connectivity index is 1.59. The summed E-state index contributed by atoms with van der Waals surface area (Å²) >= 11 is 11.9. The highest BCUT2D eigenvalue weighted by Gasteiger charge is 2.54. The van der Waals surface area contributed by atoms with E-state index < -0.39 is 11.4 Å². The fraction of sp³-hybridized carbons (Fsp3) is 0.556. The molecule has 1 N–H and O–H groups in total. The molecule has 2 aliphatic rings. The van der Waals surface area contributed by atoms with Crippen LogP contribution in [0.1, 0.15) is 24.8 Å². The van der Waals surface area contributed by atoms with E-state index in [1.54, 1.807) is 24.1 Å². The number of halogens is 2. The summed E-state index contributed by atoms with van der Waals surface area (Å²) in [4.78, 5) is 27.9. The van der Waals surface area contributed by atoms with Crippen LogP contribution in [0.4, 0.5) is 0 Å². The van der Waals surface area contributed by atoms with E-state index in [9.17, 15) is 14.7 Å². The van der Waals surface area contributed by atoms with Crippen LogP contribution in [0.3, 0.4) is 0 Å². The molecule has 25 heavy (non-hydrogen) atoms. The van der Waals surface area contributed by atoms with Crippen LogP contribution in [0.15, 0.2) is 18.2 Å². The van der Waals surface area contributed by atoms with Gasteiger partial charge in [0.2, 0.25) is 5.91 Å². The van der Waals surface area contributed by atoms with Gasteiger partial charge in [0.05, 0.1) is 22.0 Å². The van der Waals surface area contributed by atoms with E-state index in [-0.39, 0.29) is 18.4 Å². The van der Waals surface area contributed by atoms with E-state index in [1.165, 1.54) is 0 Å². The maximum Gasteiger partial charge on any atom is 0.311 e. The average molecular weight is 385 g/mol. The lowest BCUT2D eigenvalue weighted by Gasteiger charge is -2.24. The number of carbonyl (C=O) groups excluding carboxylic acids is 1. The van der Waals surface area contributed by atoms with E-state index in [0.717, 1.165) is 24.8 Å². The second-order valence-corrected chi connectivity index (χ2v) is 8.03. The molecular formula is C18H22Cl2N2O3. The van der Waals surface area contributed by atoms with Gasteiger partial charge in [-0.3, -0.25) is 14.5 Å². The highest BCUT2D eigenvalue weighted by atomic mass is 35.5. The van der Waals surface area contributed by atoms with E-state index in [2.05, 4.69) is 0 Å². The Kier molecular flexibility index (Phi) is 5.28. The lowest BCUT2D eigenvalue weighted by atomic mass is 9.81. The van der Waals surface area contributed by atoms with E-state index in [1.807, 2.05) is 11.0 Å². The van der Waals surface area contributed by atoms with Crippen molar-refractivity contribution in [2.45, 2.75) is 25.8 Å². The maximum absolute atomic E-state index is 12.5. The van der Waals surface area contributed by atoms with Crippen molar-refractivity contribution in [3.8, 4) is 0 Å². The van der Waals surface area contributed by atoms with Crippen LogP contribution in [0.5, 0.6) is 0 Å². The SMILES string of the molecule is CN(Cc1ccc(Cl)c(Cl)c1)C(=O)CN1C[C@@H]2CCC[C@@]2(C(=O)O)C1. The first kappa shape index (κ1) is 18.5. The lowest BCUT2D eigenvalue weighted by molar-refractivity contribution is -0.149. The van der Waals surface area contributed by atoms with Crippen molar-refractivity contribution in [2.24, 2.45) is 11.3 Å². The minimum Gasteiger partial charge on any atom is -0.481 e. The van der Waals surface area contributed by atoms with Gasteiger partial charge in [-0.1, -0.05) is 35.7 Å². The standard InChI is InChI=1S/C18H22Cl2N2O3/c1-21(8-12-4-5-14(19)15(20)7-12)16(23)10-22-9-13-3-2-6-18(13,11-22)17(24)25/h4-5,7,13H,2-3,6,8-11H2,1H3,(H,24,25)/t13-,18+/m0/s1. The van der Waals surface area contributed by atoms with E-state index >= 15 is 0 Å². The zero-order valence-corrected chi connectivity index (χ0v) is 15.7. The van der Waals surface area contributed by atoms with Gasteiger partial charge in [-0.2, -0.15) is 0 Å². The molecule has 2 atom stereocenters. The number of benzene rings is 1. The van der Waals surface area contributed by atoms with Crippen LogP contribution in [0.2, 0.25) is 10.0 Å². The van der Waals surface area contributed by atoms with Gasteiger partial charge in [-0.25, -0.2) is 0 Å². The minimum absolute atomic E-state index is 0.0217. The molecule has 1 saturated heterocycles. The maximum atomic E-state index is 12.5. The second-order valence-electron chi connectivity index (χ2n) is 7.22. The molecule has 1 heterocycles. The zero-order valence-electron chi connectivity index (χ0n) is 14.2. The first-order chi connectivity index (χ1) is 11.8. The molecule has 1 amide bonds. The molecule has 5 nitrogen and oxygen atoms in total. The molecule has 2 fully saturated rings. The number of nitrogens with zero attached hydrogens (tertiary/aromatic N) is 2. The van der Waals surface area contributed by atoms with E-state index in [0.29, 0.717) is 29.7 Å². The third kappa shape index (κ3) is 3.64. The summed E-state index contributed by atoms with van der Waals surface area (Å²) < 4.78 is 0. The molecule has 1 aliphatic heterocycles. The number of fused-ring (bicyclic) bond motifs is 1. The third-order valence-corrected chi connectivity index (χ3v) is 6.29. The highest BCUT2D eigenvalue weighted by Crippen LogP contribution is 2.48. The van der Waals surface area contributed by atoms with Crippen LogP contribution in [-0.2, 0) is 16.1 Å². The van der Waals surface area contributed by atoms with Crippen molar-refractivity contribution in [2.75, 3.05) is 26.7 Å². The van der Waals surface area contributed by atoms with Crippen molar-refractivity contribution in [3.05, 3.63) is 33.8 Å². The van der Waals surface area contributed by atoms with Crippen LogP contribution in [-0.4, -0.2) is 53.5 Å². The molecule has 7 heteroatoms.